The summed E-state index contributed by atoms with van der Waals surface area (Å²) < 4.78 is 7.27. The number of ether oxygens (including phenoxy) is 1. The zero-order valence-corrected chi connectivity index (χ0v) is 13.0. The summed E-state index contributed by atoms with van der Waals surface area (Å²) in [6, 6.07) is 0.663. The van der Waals surface area contributed by atoms with Gasteiger partial charge in [-0.3, -0.25) is 0 Å². The zero-order valence-electron chi connectivity index (χ0n) is 13.0. The van der Waals surface area contributed by atoms with Crippen molar-refractivity contribution in [2.45, 2.75) is 39.3 Å². The minimum Gasteiger partial charge on any atom is -0.385 e. The van der Waals surface area contributed by atoms with Gasteiger partial charge >= 0.3 is 0 Å². The molecule has 1 aliphatic rings. The van der Waals surface area contributed by atoms with Gasteiger partial charge in [-0.2, -0.15) is 0 Å². The van der Waals surface area contributed by atoms with E-state index in [4.69, 9.17) is 4.74 Å². The molecule has 1 atom stereocenters. The Morgan fingerprint density at radius 1 is 1.50 bits per heavy atom. The maximum atomic E-state index is 5.10. The van der Waals surface area contributed by atoms with Crippen LogP contribution < -0.4 is 5.32 Å². The van der Waals surface area contributed by atoms with Crippen LogP contribution in [0.15, 0.2) is 12.4 Å². The summed E-state index contributed by atoms with van der Waals surface area (Å²) in [5, 5.41) is 3.51. The van der Waals surface area contributed by atoms with Gasteiger partial charge in [0, 0.05) is 51.8 Å². The Balaban J connectivity index is 1.75. The average Bonchev–Trinajstić information content (AvgIpc) is 3.05. The van der Waals surface area contributed by atoms with Crippen LogP contribution in [-0.2, 0) is 11.3 Å². The van der Waals surface area contributed by atoms with Crippen molar-refractivity contribution in [1.82, 2.24) is 14.5 Å². The Morgan fingerprint density at radius 2 is 2.35 bits per heavy atom. The smallest absolute Gasteiger partial charge is 0.202 e. The molecule has 0 aliphatic carbocycles. The van der Waals surface area contributed by atoms with E-state index in [1.165, 1.54) is 19.5 Å². The first-order chi connectivity index (χ1) is 9.70. The van der Waals surface area contributed by atoms with Crippen molar-refractivity contribution < 1.29 is 4.74 Å². The maximum Gasteiger partial charge on any atom is 0.202 e. The average molecular weight is 280 g/mol. The molecule has 1 aliphatic heterocycles. The number of nitrogens with zero attached hydrogens (tertiary/aromatic N) is 3. The molecule has 1 fully saturated rings. The predicted molar refractivity (Wildman–Crippen MR) is 82.0 cm³/mol. The van der Waals surface area contributed by atoms with Crippen LogP contribution in [0.3, 0.4) is 0 Å². The monoisotopic (exact) mass is 280 g/mol. The lowest BCUT2D eigenvalue weighted by Gasteiger charge is -2.20. The summed E-state index contributed by atoms with van der Waals surface area (Å²) in [6.45, 7) is 9.76. The molecule has 5 nitrogen and oxygen atoms in total. The lowest BCUT2D eigenvalue weighted by Crippen LogP contribution is -2.29. The van der Waals surface area contributed by atoms with Crippen LogP contribution in [0.1, 0.15) is 26.7 Å². The van der Waals surface area contributed by atoms with Crippen molar-refractivity contribution in [2.75, 3.05) is 38.7 Å². The van der Waals surface area contributed by atoms with Gasteiger partial charge in [-0.25, -0.2) is 4.98 Å². The van der Waals surface area contributed by atoms with Crippen molar-refractivity contribution in [3.8, 4) is 0 Å². The molecule has 2 rings (SSSR count). The number of rotatable bonds is 8. The van der Waals surface area contributed by atoms with Crippen LogP contribution in [-0.4, -0.2) is 53.8 Å². The zero-order chi connectivity index (χ0) is 14.4. The second-order valence-electron chi connectivity index (χ2n) is 5.91. The number of likely N-dealkylation sites (tertiary alicyclic amines) is 1. The van der Waals surface area contributed by atoms with E-state index in [9.17, 15) is 0 Å². The van der Waals surface area contributed by atoms with Crippen LogP contribution in [0.4, 0.5) is 5.95 Å². The van der Waals surface area contributed by atoms with Gasteiger partial charge in [0.15, 0.2) is 0 Å². The van der Waals surface area contributed by atoms with Gasteiger partial charge in [0.2, 0.25) is 5.95 Å². The van der Waals surface area contributed by atoms with Gasteiger partial charge < -0.3 is 19.5 Å². The first kappa shape index (κ1) is 15.3. The van der Waals surface area contributed by atoms with E-state index >= 15 is 0 Å². The number of imidazole rings is 1. The minimum absolute atomic E-state index is 0.663. The SMILES string of the molecule is COCCCn1ccnc1NCC1CCN(C(C)C)C1. The Kier molecular flexibility index (Phi) is 5.86. The number of hydrogen-bond acceptors (Lipinski definition) is 4. The van der Waals surface area contributed by atoms with E-state index in [2.05, 4.69) is 33.6 Å². The van der Waals surface area contributed by atoms with Gasteiger partial charge in [0.1, 0.15) is 0 Å². The summed E-state index contributed by atoms with van der Waals surface area (Å²) in [5.74, 6) is 1.73. The van der Waals surface area contributed by atoms with E-state index in [1.807, 2.05) is 12.4 Å². The Labute approximate surface area is 122 Å². The molecule has 0 saturated carbocycles. The van der Waals surface area contributed by atoms with Gasteiger partial charge in [-0.15, -0.1) is 0 Å². The fourth-order valence-corrected chi connectivity index (χ4v) is 2.77. The van der Waals surface area contributed by atoms with Crippen LogP contribution in [0.25, 0.3) is 0 Å². The number of nitrogens with one attached hydrogen (secondary N) is 1. The van der Waals surface area contributed by atoms with E-state index in [0.29, 0.717) is 6.04 Å². The molecule has 114 valence electrons. The normalized spacial score (nSPS) is 19.9. The number of aryl methyl sites for hydroxylation is 1. The second kappa shape index (κ2) is 7.64. The molecule has 0 bridgehead atoms. The highest BCUT2D eigenvalue weighted by Gasteiger charge is 2.24. The molecule has 5 heteroatoms. The second-order valence-corrected chi connectivity index (χ2v) is 5.91. The van der Waals surface area contributed by atoms with Gasteiger partial charge in [0.25, 0.3) is 0 Å². The fraction of sp³-hybridized carbons (Fsp3) is 0.800. The third kappa shape index (κ3) is 4.21. The topological polar surface area (TPSA) is 42.3 Å². The van der Waals surface area contributed by atoms with Gasteiger partial charge in [0.05, 0.1) is 0 Å². The summed E-state index contributed by atoms with van der Waals surface area (Å²) in [7, 11) is 1.74. The van der Waals surface area contributed by atoms with Crippen LogP contribution in [0.5, 0.6) is 0 Å². The lowest BCUT2D eigenvalue weighted by atomic mass is 10.1. The number of hydrogen-bond donors (Lipinski definition) is 1. The lowest BCUT2D eigenvalue weighted by molar-refractivity contribution is 0.190. The van der Waals surface area contributed by atoms with Gasteiger partial charge in [-0.05, 0) is 39.2 Å². The molecule has 1 unspecified atom stereocenters. The molecule has 2 heterocycles. The van der Waals surface area contributed by atoms with Crippen molar-refractivity contribution in [3.63, 3.8) is 0 Å². The highest BCUT2D eigenvalue weighted by Crippen LogP contribution is 2.19. The summed E-state index contributed by atoms with van der Waals surface area (Å²) in [4.78, 5) is 6.96. The predicted octanol–water partition coefficient (Wildman–Crippen LogP) is 2.06. The molecule has 1 N–H and O–H groups in total. The molecule has 0 spiro atoms. The molecule has 0 amide bonds. The van der Waals surface area contributed by atoms with Crippen molar-refractivity contribution in [1.29, 1.82) is 0 Å². The number of aromatic nitrogens is 2. The summed E-state index contributed by atoms with van der Waals surface area (Å²) in [6.07, 6.45) is 6.21. The Bertz CT molecular complexity index is 391. The van der Waals surface area contributed by atoms with E-state index in [-0.39, 0.29) is 0 Å². The molecule has 0 radical (unpaired) electrons. The summed E-state index contributed by atoms with van der Waals surface area (Å²) in [5.41, 5.74) is 0. The molecule has 1 aromatic rings. The van der Waals surface area contributed by atoms with E-state index in [0.717, 1.165) is 38.0 Å². The van der Waals surface area contributed by atoms with E-state index < -0.39 is 0 Å². The Morgan fingerprint density at radius 3 is 3.05 bits per heavy atom. The van der Waals surface area contributed by atoms with Crippen molar-refractivity contribution in [3.05, 3.63) is 12.4 Å². The quantitative estimate of drug-likeness (QED) is 0.740. The van der Waals surface area contributed by atoms with Crippen molar-refractivity contribution >= 4 is 5.95 Å². The van der Waals surface area contributed by atoms with Gasteiger partial charge in [-0.1, -0.05) is 0 Å². The molecular weight excluding hydrogens is 252 g/mol. The molecule has 1 aromatic heterocycles. The highest BCUT2D eigenvalue weighted by molar-refractivity contribution is 5.25. The minimum atomic E-state index is 0.663. The molecule has 20 heavy (non-hydrogen) atoms. The number of anilines is 1. The van der Waals surface area contributed by atoms with Crippen molar-refractivity contribution in [2.24, 2.45) is 5.92 Å². The number of methoxy groups -OCH3 is 1. The molecule has 0 aromatic carbocycles. The Hall–Kier alpha value is -1.07. The molecule has 1 saturated heterocycles. The largest absolute Gasteiger partial charge is 0.385 e. The van der Waals surface area contributed by atoms with E-state index in [1.54, 1.807) is 7.11 Å². The standard InChI is InChI=1S/C15H28N4O/c1-13(2)19-8-5-14(12-19)11-17-15-16-6-9-18(15)7-4-10-20-3/h6,9,13-14H,4-5,7-8,10-12H2,1-3H3,(H,16,17). The fourth-order valence-electron chi connectivity index (χ4n) is 2.77. The van der Waals surface area contributed by atoms with Crippen LogP contribution in [0, 0.1) is 5.92 Å². The third-order valence-corrected chi connectivity index (χ3v) is 4.06. The first-order valence-electron chi connectivity index (χ1n) is 7.68. The summed E-state index contributed by atoms with van der Waals surface area (Å²) >= 11 is 0. The van der Waals surface area contributed by atoms with Crippen LogP contribution >= 0.6 is 0 Å². The third-order valence-electron chi connectivity index (χ3n) is 4.06. The maximum absolute atomic E-state index is 5.10. The molecular formula is C15H28N4O. The highest BCUT2D eigenvalue weighted by atomic mass is 16.5. The van der Waals surface area contributed by atoms with Crippen LogP contribution in [0.2, 0.25) is 0 Å². The first-order valence-corrected chi connectivity index (χ1v) is 7.68.